The van der Waals surface area contributed by atoms with Crippen LogP contribution in [0.3, 0.4) is 0 Å². The predicted octanol–water partition coefficient (Wildman–Crippen LogP) is 1.68. The molecule has 0 aromatic carbocycles. The predicted molar refractivity (Wildman–Crippen MR) is 66.1 cm³/mol. The van der Waals surface area contributed by atoms with Crippen molar-refractivity contribution in [2.24, 2.45) is 5.84 Å². The molecule has 17 heavy (non-hydrogen) atoms. The maximum Gasteiger partial charge on any atom is 0.103 e. The van der Waals surface area contributed by atoms with Crippen LogP contribution < -0.4 is 11.3 Å². The molecular formula is C13H17N3O. The highest BCUT2D eigenvalue weighted by molar-refractivity contribution is 5.06. The highest BCUT2D eigenvalue weighted by Gasteiger charge is 2.09. The summed E-state index contributed by atoms with van der Waals surface area (Å²) in [5.74, 6) is 6.54. The standard InChI is InChI=1S/C13H17N3O/c14-16-12(6-7-13-5-3-9-17-13)10-11-4-1-2-8-15-11/h1-5,8-9,12,16H,6-7,10,14H2. The first-order valence-electron chi connectivity index (χ1n) is 5.77. The molecule has 1 atom stereocenters. The topological polar surface area (TPSA) is 64.1 Å². The van der Waals surface area contributed by atoms with E-state index in [1.807, 2.05) is 30.3 Å². The van der Waals surface area contributed by atoms with Crippen LogP contribution in [0.25, 0.3) is 0 Å². The van der Waals surface area contributed by atoms with Gasteiger partial charge in [0.05, 0.1) is 6.26 Å². The summed E-state index contributed by atoms with van der Waals surface area (Å²) in [6, 6.07) is 10.0. The van der Waals surface area contributed by atoms with Crippen molar-refractivity contribution in [1.82, 2.24) is 10.4 Å². The molecule has 0 aliphatic heterocycles. The SMILES string of the molecule is NNC(CCc1ccco1)Cc1ccccn1. The molecule has 0 saturated carbocycles. The number of hydrogen-bond donors (Lipinski definition) is 2. The molecule has 0 spiro atoms. The number of aryl methyl sites for hydroxylation is 1. The summed E-state index contributed by atoms with van der Waals surface area (Å²) in [4.78, 5) is 4.29. The van der Waals surface area contributed by atoms with E-state index in [9.17, 15) is 0 Å². The van der Waals surface area contributed by atoms with Crippen LogP contribution in [0.2, 0.25) is 0 Å². The first-order chi connectivity index (χ1) is 8.38. The van der Waals surface area contributed by atoms with Gasteiger partial charge in [0.15, 0.2) is 0 Å². The van der Waals surface area contributed by atoms with Crippen molar-refractivity contribution in [2.75, 3.05) is 0 Å². The van der Waals surface area contributed by atoms with Crippen molar-refractivity contribution in [3.05, 3.63) is 54.2 Å². The number of hydrazine groups is 1. The van der Waals surface area contributed by atoms with Gasteiger partial charge in [0.2, 0.25) is 0 Å². The second-order valence-electron chi connectivity index (χ2n) is 4.01. The Morgan fingerprint density at radius 2 is 2.24 bits per heavy atom. The summed E-state index contributed by atoms with van der Waals surface area (Å²) < 4.78 is 5.29. The van der Waals surface area contributed by atoms with Gasteiger partial charge in [-0.1, -0.05) is 6.07 Å². The quantitative estimate of drug-likeness (QED) is 0.586. The van der Waals surface area contributed by atoms with Crippen LogP contribution in [-0.4, -0.2) is 11.0 Å². The average molecular weight is 231 g/mol. The fraction of sp³-hybridized carbons (Fsp3) is 0.308. The molecule has 0 aliphatic carbocycles. The average Bonchev–Trinajstić information content (AvgIpc) is 2.89. The highest BCUT2D eigenvalue weighted by atomic mass is 16.3. The Labute approximate surface area is 101 Å². The zero-order chi connectivity index (χ0) is 11.9. The Hall–Kier alpha value is -1.65. The van der Waals surface area contributed by atoms with Crippen LogP contribution in [0.15, 0.2) is 47.2 Å². The fourth-order valence-electron chi connectivity index (χ4n) is 1.79. The summed E-state index contributed by atoms with van der Waals surface area (Å²) in [5, 5.41) is 0. The molecular weight excluding hydrogens is 214 g/mol. The van der Waals surface area contributed by atoms with E-state index < -0.39 is 0 Å². The largest absolute Gasteiger partial charge is 0.469 e. The fourth-order valence-corrected chi connectivity index (χ4v) is 1.79. The van der Waals surface area contributed by atoms with E-state index in [1.54, 1.807) is 12.5 Å². The number of rotatable bonds is 6. The van der Waals surface area contributed by atoms with Crippen LogP contribution in [0.5, 0.6) is 0 Å². The molecule has 0 amide bonds. The van der Waals surface area contributed by atoms with Gasteiger partial charge in [-0.15, -0.1) is 0 Å². The van der Waals surface area contributed by atoms with Gasteiger partial charge >= 0.3 is 0 Å². The molecule has 90 valence electrons. The molecule has 0 fully saturated rings. The molecule has 0 bridgehead atoms. The number of nitrogens with zero attached hydrogens (tertiary/aromatic N) is 1. The third-order valence-electron chi connectivity index (χ3n) is 2.74. The van der Waals surface area contributed by atoms with Crippen molar-refractivity contribution in [2.45, 2.75) is 25.3 Å². The molecule has 2 heterocycles. The lowest BCUT2D eigenvalue weighted by molar-refractivity contribution is 0.445. The second-order valence-corrected chi connectivity index (χ2v) is 4.01. The van der Waals surface area contributed by atoms with Gasteiger partial charge in [0, 0.05) is 30.8 Å². The first kappa shape index (κ1) is 11.8. The molecule has 2 aromatic rings. The maximum atomic E-state index is 5.55. The van der Waals surface area contributed by atoms with E-state index in [4.69, 9.17) is 10.3 Å². The van der Waals surface area contributed by atoms with Crippen molar-refractivity contribution in [3.63, 3.8) is 0 Å². The van der Waals surface area contributed by atoms with Crippen LogP contribution >= 0.6 is 0 Å². The lowest BCUT2D eigenvalue weighted by Gasteiger charge is -2.14. The third kappa shape index (κ3) is 3.69. The monoisotopic (exact) mass is 231 g/mol. The number of pyridine rings is 1. The minimum atomic E-state index is 0.218. The van der Waals surface area contributed by atoms with Gasteiger partial charge in [-0.25, -0.2) is 0 Å². The molecule has 2 aromatic heterocycles. The Morgan fingerprint density at radius 1 is 1.29 bits per heavy atom. The van der Waals surface area contributed by atoms with Crippen LogP contribution in [0.1, 0.15) is 17.9 Å². The molecule has 4 heteroatoms. The molecule has 0 saturated heterocycles. The summed E-state index contributed by atoms with van der Waals surface area (Å²) in [6.07, 6.45) is 6.14. The number of furan rings is 1. The van der Waals surface area contributed by atoms with Crippen LogP contribution in [0.4, 0.5) is 0 Å². The van der Waals surface area contributed by atoms with Crippen LogP contribution in [-0.2, 0) is 12.8 Å². The van der Waals surface area contributed by atoms with E-state index in [1.165, 1.54) is 0 Å². The van der Waals surface area contributed by atoms with Gasteiger partial charge in [0.1, 0.15) is 5.76 Å². The minimum absolute atomic E-state index is 0.218. The van der Waals surface area contributed by atoms with Crippen molar-refractivity contribution in [3.8, 4) is 0 Å². The summed E-state index contributed by atoms with van der Waals surface area (Å²) in [7, 11) is 0. The van der Waals surface area contributed by atoms with Crippen molar-refractivity contribution in [1.29, 1.82) is 0 Å². The summed E-state index contributed by atoms with van der Waals surface area (Å²) in [5.41, 5.74) is 3.88. The van der Waals surface area contributed by atoms with Gasteiger partial charge in [-0.2, -0.15) is 0 Å². The zero-order valence-corrected chi connectivity index (χ0v) is 9.67. The van der Waals surface area contributed by atoms with E-state index in [0.29, 0.717) is 0 Å². The minimum Gasteiger partial charge on any atom is -0.469 e. The number of nitrogens with one attached hydrogen (secondary N) is 1. The third-order valence-corrected chi connectivity index (χ3v) is 2.74. The first-order valence-corrected chi connectivity index (χ1v) is 5.77. The number of hydrogen-bond acceptors (Lipinski definition) is 4. The highest BCUT2D eigenvalue weighted by Crippen LogP contribution is 2.08. The molecule has 0 radical (unpaired) electrons. The molecule has 1 unspecified atom stereocenters. The smallest absolute Gasteiger partial charge is 0.103 e. The van der Waals surface area contributed by atoms with E-state index in [-0.39, 0.29) is 6.04 Å². The number of nitrogens with two attached hydrogens (primary N) is 1. The summed E-state index contributed by atoms with van der Waals surface area (Å²) >= 11 is 0. The molecule has 3 N–H and O–H groups in total. The zero-order valence-electron chi connectivity index (χ0n) is 9.67. The lowest BCUT2D eigenvalue weighted by atomic mass is 10.1. The van der Waals surface area contributed by atoms with Crippen molar-refractivity contribution < 1.29 is 4.42 Å². The maximum absolute atomic E-state index is 5.55. The van der Waals surface area contributed by atoms with Crippen LogP contribution in [0, 0.1) is 0 Å². The second kappa shape index (κ2) is 6.18. The van der Waals surface area contributed by atoms with E-state index >= 15 is 0 Å². The molecule has 4 nitrogen and oxygen atoms in total. The number of aromatic nitrogens is 1. The Kier molecular flexibility index (Phi) is 4.30. The van der Waals surface area contributed by atoms with Gasteiger partial charge in [-0.05, 0) is 30.7 Å². The summed E-state index contributed by atoms with van der Waals surface area (Å²) in [6.45, 7) is 0. The van der Waals surface area contributed by atoms with Gasteiger partial charge in [-0.3, -0.25) is 16.3 Å². The Bertz CT molecular complexity index is 413. The Morgan fingerprint density at radius 3 is 2.88 bits per heavy atom. The normalized spacial score (nSPS) is 12.5. The van der Waals surface area contributed by atoms with E-state index in [0.717, 1.165) is 30.7 Å². The van der Waals surface area contributed by atoms with Crippen molar-refractivity contribution >= 4 is 0 Å². The molecule has 2 rings (SSSR count). The lowest BCUT2D eigenvalue weighted by Crippen LogP contribution is -2.37. The molecule has 0 aliphatic rings. The Balaban J connectivity index is 1.85. The van der Waals surface area contributed by atoms with E-state index in [2.05, 4.69) is 10.4 Å². The van der Waals surface area contributed by atoms with Gasteiger partial charge in [0.25, 0.3) is 0 Å². The van der Waals surface area contributed by atoms with Gasteiger partial charge < -0.3 is 4.42 Å².